The molecule has 1 aliphatic heterocycles. The van der Waals surface area contributed by atoms with Gasteiger partial charge in [-0.2, -0.15) is 0 Å². The first-order chi connectivity index (χ1) is 11.1. The molecule has 0 aromatic heterocycles. The normalized spacial score (nSPS) is 15.8. The maximum Gasteiger partial charge on any atom is 0.244 e. The first kappa shape index (κ1) is 17.3. The van der Waals surface area contributed by atoms with Crippen LogP contribution in [0.3, 0.4) is 0 Å². The second kappa shape index (κ2) is 8.56. The molecule has 0 bridgehead atoms. The van der Waals surface area contributed by atoms with Gasteiger partial charge >= 0.3 is 0 Å². The molecule has 1 fully saturated rings. The third-order valence-corrected chi connectivity index (χ3v) is 4.01. The Balaban J connectivity index is 1.82. The molecule has 1 aliphatic rings. The molecule has 23 heavy (non-hydrogen) atoms. The number of likely N-dealkylation sites (tertiary alicyclic amines) is 1. The molecule has 0 aliphatic carbocycles. The number of carbonyl (C=O) groups is 2. The van der Waals surface area contributed by atoms with Gasteiger partial charge in [-0.15, -0.1) is 0 Å². The molecule has 1 heterocycles. The van der Waals surface area contributed by atoms with Crippen molar-refractivity contribution in [2.75, 3.05) is 19.7 Å². The molecule has 126 valence electrons. The molecule has 2 amide bonds. The lowest BCUT2D eigenvalue weighted by molar-refractivity contribution is -0.136. The molecule has 1 aromatic rings. The van der Waals surface area contributed by atoms with Gasteiger partial charge in [0.25, 0.3) is 0 Å². The van der Waals surface area contributed by atoms with E-state index in [2.05, 4.69) is 5.32 Å². The highest BCUT2D eigenvalue weighted by Gasteiger charge is 2.23. The van der Waals surface area contributed by atoms with Crippen molar-refractivity contribution in [3.05, 3.63) is 29.8 Å². The van der Waals surface area contributed by atoms with E-state index in [1.165, 1.54) is 6.42 Å². The fourth-order valence-corrected chi connectivity index (χ4v) is 2.80. The summed E-state index contributed by atoms with van der Waals surface area (Å²) < 4.78 is 5.38. The Labute approximate surface area is 138 Å². The zero-order chi connectivity index (χ0) is 16.7. The highest BCUT2D eigenvalue weighted by molar-refractivity contribution is 5.88. The molecule has 2 rings (SSSR count). The summed E-state index contributed by atoms with van der Waals surface area (Å²) in [4.78, 5) is 26.3. The van der Waals surface area contributed by atoms with Crippen molar-refractivity contribution in [3.8, 4) is 5.75 Å². The first-order valence-electron chi connectivity index (χ1n) is 8.40. The van der Waals surface area contributed by atoms with E-state index in [9.17, 15) is 9.59 Å². The summed E-state index contributed by atoms with van der Waals surface area (Å²) in [5.41, 5.74) is 0.906. The molecule has 1 aromatic carbocycles. The van der Waals surface area contributed by atoms with Gasteiger partial charge in [-0.25, -0.2) is 0 Å². The Kier molecular flexibility index (Phi) is 6.44. The van der Waals surface area contributed by atoms with E-state index in [0.717, 1.165) is 37.2 Å². The third kappa shape index (κ3) is 5.27. The minimum atomic E-state index is -0.469. The van der Waals surface area contributed by atoms with Gasteiger partial charge in [-0.3, -0.25) is 9.59 Å². The monoisotopic (exact) mass is 318 g/mol. The zero-order valence-corrected chi connectivity index (χ0v) is 14.0. The van der Waals surface area contributed by atoms with Crippen LogP contribution in [0.4, 0.5) is 0 Å². The number of rotatable bonds is 6. The lowest BCUT2D eigenvalue weighted by Crippen LogP contribution is -2.48. The summed E-state index contributed by atoms with van der Waals surface area (Å²) in [6, 6.07) is 7.00. The van der Waals surface area contributed by atoms with Crippen LogP contribution in [-0.2, 0) is 16.0 Å². The number of amides is 2. The van der Waals surface area contributed by atoms with E-state index in [0.29, 0.717) is 6.61 Å². The topological polar surface area (TPSA) is 58.6 Å². The van der Waals surface area contributed by atoms with E-state index in [1.807, 2.05) is 36.1 Å². The van der Waals surface area contributed by atoms with E-state index in [4.69, 9.17) is 4.74 Å². The van der Waals surface area contributed by atoms with Crippen LogP contribution in [0.25, 0.3) is 0 Å². The third-order valence-electron chi connectivity index (χ3n) is 4.01. The Morgan fingerprint density at radius 2 is 1.83 bits per heavy atom. The molecule has 0 unspecified atom stereocenters. The number of nitrogens with one attached hydrogen (secondary N) is 1. The summed E-state index contributed by atoms with van der Waals surface area (Å²) in [7, 11) is 0. The molecule has 1 saturated heterocycles. The summed E-state index contributed by atoms with van der Waals surface area (Å²) >= 11 is 0. The van der Waals surface area contributed by atoms with Crippen molar-refractivity contribution in [1.82, 2.24) is 10.2 Å². The SMILES string of the molecule is CCOc1ccc(CC(=O)N[C@@H](C)C(=O)N2CCCCC2)cc1. The summed E-state index contributed by atoms with van der Waals surface area (Å²) in [6.45, 7) is 5.92. The number of carbonyl (C=O) groups excluding carboxylic acids is 2. The summed E-state index contributed by atoms with van der Waals surface area (Å²) in [6.07, 6.45) is 3.56. The number of piperidine rings is 1. The van der Waals surface area contributed by atoms with Crippen molar-refractivity contribution in [3.63, 3.8) is 0 Å². The van der Waals surface area contributed by atoms with Crippen LogP contribution in [0.15, 0.2) is 24.3 Å². The molecular weight excluding hydrogens is 292 g/mol. The van der Waals surface area contributed by atoms with Crippen LogP contribution in [0.1, 0.15) is 38.7 Å². The Hall–Kier alpha value is -2.04. The largest absolute Gasteiger partial charge is 0.494 e. The van der Waals surface area contributed by atoms with Gasteiger partial charge < -0.3 is 15.0 Å². The van der Waals surface area contributed by atoms with E-state index < -0.39 is 6.04 Å². The van der Waals surface area contributed by atoms with Crippen molar-refractivity contribution >= 4 is 11.8 Å². The number of nitrogens with zero attached hydrogens (tertiary/aromatic N) is 1. The minimum absolute atomic E-state index is 0.0183. The maximum absolute atomic E-state index is 12.3. The van der Waals surface area contributed by atoms with Crippen molar-refractivity contribution < 1.29 is 14.3 Å². The maximum atomic E-state index is 12.3. The van der Waals surface area contributed by atoms with Gasteiger partial charge in [0.05, 0.1) is 13.0 Å². The smallest absolute Gasteiger partial charge is 0.244 e. The fraction of sp³-hybridized carbons (Fsp3) is 0.556. The summed E-state index contributed by atoms with van der Waals surface area (Å²) in [5, 5.41) is 2.80. The highest BCUT2D eigenvalue weighted by Crippen LogP contribution is 2.13. The lowest BCUT2D eigenvalue weighted by Gasteiger charge is -2.29. The van der Waals surface area contributed by atoms with Gasteiger partial charge in [-0.05, 0) is 50.8 Å². The van der Waals surface area contributed by atoms with Crippen molar-refractivity contribution in [2.45, 2.75) is 45.6 Å². The predicted octanol–water partition coefficient (Wildman–Crippen LogP) is 2.14. The number of ether oxygens (including phenoxy) is 1. The molecule has 1 atom stereocenters. The van der Waals surface area contributed by atoms with Crippen molar-refractivity contribution in [2.24, 2.45) is 0 Å². The molecule has 5 heteroatoms. The van der Waals surface area contributed by atoms with Crippen LogP contribution in [0.5, 0.6) is 5.75 Å². The second-order valence-electron chi connectivity index (χ2n) is 5.93. The Morgan fingerprint density at radius 1 is 1.17 bits per heavy atom. The number of hydrogen-bond donors (Lipinski definition) is 1. The fourth-order valence-electron chi connectivity index (χ4n) is 2.80. The van der Waals surface area contributed by atoms with Crippen LogP contribution in [0, 0.1) is 0 Å². The molecule has 1 N–H and O–H groups in total. The Morgan fingerprint density at radius 3 is 2.43 bits per heavy atom. The number of hydrogen-bond acceptors (Lipinski definition) is 3. The molecule has 0 radical (unpaired) electrons. The van der Waals surface area contributed by atoms with Crippen LogP contribution in [-0.4, -0.2) is 42.5 Å². The second-order valence-corrected chi connectivity index (χ2v) is 5.93. The quantitative estimate of drug-likeness (QED) is 0.874. The van der Waals surface area contributed by atoms with E-state index in [-0.39, 0.29) is 18.2 Å². The van der Waals surface area contributed by atoms with E-state index >= 15 is 0 Å². The minimum Gasteiger partial charge on any atom is -0.494 e. The van der Waals surface area contributed by atoms with Gasteiger partial charge in [-0.1, -0.05) is 12.1 Å². The summed E-state index contributed by atoms with van der Waals surface area (Å²) in [5.74, 6) is 0.682. The molecular formula is C18H26N2O3. The van der Waals surface area contributed by atoms with Crippen molar-refractivity contribution in [1.29, 1.82) is 0 Å². The van der Waals surface area contributed by atoms with Crippen LogP contribution in [0.2, 0.25) is 0 Å². The van der Waals surface area contributed by atoms with Crippen LogP contribution >= 0.6 is 0 Å². The average Bonchev–Trinajstić information content (AvgIpc) is 2.57. The molecule has 0 spiro atoms. The van der Waals surface area contributed by atoms with Gasteiger partial charge in [0.2, 0.25) is 11.8 Å². The average molecular weight is 318 g/mol. The molecule has 0 saturated carbocycles. The van der Waals surface area contributed by atoms with E-state index in [1.54, 1.807) is 6.92 Å². The highest BCUT2D eigenvalue weighted by atomic mass is 16.5. The first-order valence-corrected chi connectivity index (χ1v) is 8.40. The lowest BCUT2D eigenvalue weighted by atomic mass is 10.1. The Bertz CT molecular complexity index is 522. The zero-order valence-electron chi connectivity index (χ0n) is 14.0. The standard InChI is InChI=1S/C18H26N2O3/c1-3-23-16-9-7-15(8-10-16)13-17(21)19-14(2)18(22)20-11-5-4-6-12-20/h7-10,14H,3-6,11-13H2,1-2H3,(H,19,21)/t14-/m0/s1. The van der Waals surface area contributed by atoms with Crippen LogP contribution < -0.4 is 10.1 Å². The molecule has 5 nitrogen and oxygen atoms in total. The van der Waals surface area contributed by atoms with Gasteiger partial charge in [0, 0.05) is 13.1 Å². The van der Waals surface area contributed by atoms with Gasteiger partial charge in [0.15, 0.2) is 0 Å². The van der Waals surface area contributed by atoms with Gasteiger partial charge in [0.1, 0.15) is 11.8 Å². The number of benzene rings is 1. The predicted molar refractivity (Wildman–Crippen MR) is 89.4 cm³/mol.